The third-order valence-corrected chi connectivity index (χ3v) is 18.5. The minimum atomic E-state index is -2.78. The lowest BCUT2D eigenvalue weighted by molar-refractivity contribution is 0.0664. The van der Waals surface area contributed by atoms with Crippen LogP contribution in [0.5, 0.6) is 0 Å². The van der Waals surface area contributed by atoms with E-state index in [0.717, 1.165) is 40.3 Å². The van der Waals surface area contributed by atoms with E-state index in [9.17, 15) is 14.2 Å². The number of rotatable bonds is 9. The molecular weight excluding hydrogens is 859 g/mol. The number of nitrogens with zero attached hydrogens (tertiary/aromatic N) is 7. The Morgan fingerprint density at radius 1 is 0.970 bits per heavy atom. The third kappa shape index (κ3) is 6.91. The van der Waals surface area contributed by atoms with Crippen LogP contribution < -0.4 is 16.8 Å². The predicted octanol–water partition coefficient (Wildman–Crippen LogP) is 8.37. The standard InChI is InChI=1S/C50H56FN8O6P/c1-9-32-27-36(11-13-41(32)66(8,63)49(5,6)7)56-20-21-57(48(56)62)44-42-31(4)55(19-14-38(42)53-59(44)37-24-29(2)43(51)30(3)25-37)45(60)40-28-35-26-34(33-15-22-64-23-16-33)10-12-39(35)58(40)50(17-18-50)46-52-47(61)65-54-46/h10-13,20-21,24-28,31,33H,9,14-19,22-23H2,1-8H3,(H,52,54,61)/t31-,66?/m0/s1. The number of benzene rings is 3. The molecule has 1 amide bonds. The van der Waals surface area contributed by atoms with Crippen molar-refractivity contribution in [3.63, 3.8) is 0 Å². The van der Waals surface area contributed by atoms with Gasteiger partial charge < -0.3 is 18.8 Å². The van der Waals surface area contributed by atoms with E-state index in [1.807, 2.05) is 75.0 Å². The minimum absolute atomic E-state index is 0.221. The number of amides is 1. The molecule has 1 aliphatic carbocycles. The number of nitrogens with one attached hydrogen (secondary N) is 1. The molecule has 1 N–H and O–H groups in total. The zero-order valence-electron chi connectivity index (χ0n) is 38.8. The summed E-state index contributed by atoms with van der Waals surface area (Å²) in [6.07, 6.45) is 7.56. The highest BCUT2D eigenvalue weighted by Crippen LogP contribution is 2.54. The van der Waals surface area contributed by atoms with Crippen LogP contribution in [0.4, 0.5) is 4.39 Å². The maximum absolute atomic E-state index is 15.4. The number of hydrogen-bond acceptors (Lipinski definition) is 8. The van der Waals surface area contributed by atoms with Gasteiger partial charge in [-0.1, -0.05) is 38.9 Å². The molecule has 1 saturated heterocycles. The van der Waals surface area contributed by atoms with Gasteiger partial charge in [0.1, 0.15) is 30.0 Å². The molecule has 3 aromatic carbocycles. The molecule has 14 nitrogen and oxygen atoms in total. The van der Waals surface area contributed by atoms with Gasteiger partial charge in [-0.3, -0.25) is 23.4 Å². The summed E-state index contributed by atoms with van der Waals surface area (Å²) in [5.41, 5.74) is 5.74. The highest BCUT2D eigenvalue weighted by atomic mass is 31.2. The number of carbonyl (C=O) groups excluding carboxylic acids is 1. The van der Waals surface area contributed by atoms with Gasteiger partial charge in [-0.05, 0) is 136 Å². The average Bonchev–Trinajstić information content (AvgIpc) is 3.58. The lowest BCUT2D eigenvalue weighted by Crippen LogP contribution is -2.41. The lowest BCUT2D eigenvalue weighted by Gasteiger charge is -2.34. The SMILES string of the molecule is CCc1cc(-n2ccn(-c3c4c(nn3-c3cc(C)c(F)c(C)c3)CCN(C(=O)c3cc5cc(C6CCOCC6)ccc5n3C3(c5noc(=O)[nH]5)CC3)[C@H]4C)c2=O)ccc1P(C)(=O)C(C)(C)C. The second-order valence-electron chi connectivity index (χ2n) is 19.5. The molecule has 2 atom stereocenters. The fraction of sp³-hybridized carbons (Fsp3) is 0.420. The van der Waals surface area contributed by atoms with E-state index in [0.29, 0.717) is 96.8 Å². The van der Waals surface area contributed by atoms with Crippen LogP contribution in [0.15, 0.2) is 81.1 Å². The summed E-state index contributed by atoms with van der Waals surface area (Å²) in [5.74, 6) is -0.0364. The van der Waals surface area contributed by atoms with Gasteiger partial charge in [0.05, 0.1) is 23.1 Å². The van der Waals surface area contributed by atoms with Crippen molar-refractivity contribution in [1.82, 2.24) is 38.5 Å². The van der Waals surface area contributed by atoms with E-state index < -0.39 is 29.6 Å². The molecule has 2 fully saturated rings. The number of aromatic nitrogens is 7. The summed E-state index contributed by atoms with van der Waals surface area (Å²) in [7, 11) is -2.78. The highest BCUT2D eigenvalue weighted by molar-refractivity contribution is 7.72. The van der Waals surface area contributed by atoms with Crippen LogP contribution in [-0.4, -0.2) is 76.0 Å². The molecule has 0 radical (unpaired) electrons. The Kier molecular flexibility index (Phi) is 10.5. The number of imidazole rings is 1. The number of ether oxygens (including phenoxy) is 1. The van der Waals surface area contributed by atoms with Gasteiger partial charge in [0.25, 0.3) is 5.91 Å². The van der Waals surface area contributed by atoms with Crippen molar-refractivity contribution < 1.29 is 23.0 Å². The van der Waals surface area contributed by atoms with E-state index in [2.05, 4.69) is 28.3 Å². The normalized spacial score (nSPS) is 18.4. The van der Waals surface area contributed by atoms with Crippen molar-refractivity contribution in [3.05, 3.63) is 139 Å². The number of aryl methyl sites for hydroxylation is 3. The smallest absolute Gasteiger partial charge is 0.381 e. The van der Waals surface area contributed by atoms with Crippen molar-refractivity contribution in [1.29, 1.82) is 0 Å². The topological polar surface area (TPSA) is 155 Å². The van der Waals surface area contributed by atoms with Crippen LogP contribution in [0.3, 0.4) is 0 Å². The molecule has 10 rings (SSSR count). The molecule has 3 aliphatic rings. The number of aromatic amines is 1. The van der Waals surface area contributed by atoms with Gasteiger partial charge in [0.15, 0.2) is 5.82 Å². The fourth-order valence-electron chi connectivity index (χ4n) is 10.3. The Morgan fingerprint density at radius 3 is 2.33 bits per heavy atom. The molecule has 1 saturated carbocycles. The van der Waals surface area contributed by atoms with Crippen LogP contribution in [0.2, 0.25) is 0 Å². The van der Waals surface area contributed by atoms with Crippen LogP contribution in [0, 0.1) is 19.7 Å². The summed E-state index contributed by atoms with van der Waals surface area (Å²) < 4.78 is 46.9. The first-order valence-corrected chi connectivity index (χ1v) is 25.1. The Hall–Kier alpha value is -6.05. The maximum atomic E-state index is 15.4. The van der Waals surface area contributed by atoms with E-state index >= 15 is 9.18 Å². The van der Waals surface area contributed by atoms with Gasteiger partial charge in [-0.2, -0.15) is 5.10 Å². The third-order valence-electron chi connectivity index (χ3n) is 14.6. The van der Waals surface area contributed by atoms with E-state index in [1.54, 1.807) is 52.2 Å². The fourth-order valence-corrected chi connectivity index (χ4v) is 12.2. The number of fused-ring (bicyclic) bond motifs is 2. The van der Waals surface area contributed by atoms with Crippen LogP contribution in [0.1, 0.15) is 122 Å². The number of halogens is 1. The van der Waals surface area contributed by atoms with Gasteiger partial charge in [0, 0.05) is 65.5 Å². The van der Waals surface area contributed by atoms with Crippen molar-refractivity contribution in [2.75, 3.05) is 26.4 Å². The second kappa shape index (κ2) is 15.8. The van der Waals surface area contributed by atoms with E-state index in [4.69, 9.17) is 14.4 Å². The molecule has 1 unspecified atom stereocenters. The zero-order valence-corrected chi connectivity index (χ0v) is 39.7. The molecular formula is C50H56FN8O6P. The summed E-state index contributed by atoms with van der Waals surface area (Å²) in [4.78, 5) is 47.3. The second-order valence-corrected chi connectivity index (χ2v) is 23.2. The highest BCUT2D eigenvalue weighted by Gasteiger charge is 2.52. The Bertz CT molecular complexity index is 3240. The minimum Gasteiger partial charge on any atom is -0.381 e. The van der Waals surface area contributed by atoms with Gasteiger partial charge in [-0.15, -0.1) is 0 Å². The summed E-state index contributed by atoms with van der Waals surface area (Å²) in [6, 6.07) is 16.9. The monoisotopic (exact) mass is 914 g/mol. The molecule has 7 aromatic rings. The van der Waals surface area contributed by atoms with Crippen molar-refractivity contribution in [3.8, 4) is 17.2 Å². The molecule has 344 valence electrons. The van der Waals surface area contributed by atoms with Gasteiger partial charge >= 0.3 is 11.4 Å². The van der Waals surface area contributed by atoms with Gasteiger partial charge in [0.2, 0.25) is 0 Å². The summed E-state index contributed by atoms with van der Waals surface area (Å²) >= 11 is 0. The summed E-state index contributed by atoms with van der Waals surface area (Å²) in [6.45, 7) is 16.9. The largest absolute Gasteiger partial charge is 0.438 e. The molecule has 16 heteroatoms. The molecule has 66 heavy (non-hydrogen) atoms. The predicted molar refractivity (Wildman–Crippen MR) is 252 cm³/mol. The Labute approximate surface area is 381 Å². The van der Waals surface area contributed by atoms with Crippen LogP contribution in [-0.2, 0) is 27.7 Å². The van der Waals surface area contributed by atoms with Gasteiger partial charge in [-0.25, -0.2) is 18.7 Å². The molecule has 6 heterocycles. The maximum Gasteiger partial charge on any atom is 0.438 e. The molecule has 0 bridgehead atoms. The molecule has 0 spiro atoms. The van der Waals surface area contributed by atoms with Crippen molar-refractivity contribution in [2.24, 2.45) is 0 Å². The Balaban J connectivity index is 1.10. The first-order chi connectivity index (χ1) is 31.4. The summed E-state index contributed by atoms with van der Waals surface area (Å²) in [5, 5.41) is 10.5. The lowest BCUT2D eigenvalue weighted by atomic mass is 9.91. The quantitative estimate of drug-likeness (QED) is 0.142. The van der Waals surface area contributed by atoms with Crippen molar-refractivity contribution in [2.45, 2.75) is 110 Å². The van der Waals surface area contributed by atoms with Crippen LogP contribution >= 0.6 is 7.14 Å². The first-order valence-electron chi connectivity index (χ1n) is 23.0. The van der Waals surface area contributed by atoms with E-state index in [-0.39, 0.29) is 17.4 Å². The number of H-pyrrole nitrogens is 1. The zero-order chi connectivity index (χ0) is 46.6. The van der Waals surface area contributed by atoms with Crippen molar-refractivity contribution >= 4 is 29.3 Å². The first kappa shape index (κ1) is 43.8. The number of carbonyl (C=O) groups is 1. The van der Waals surface area contributed by atoms with E-state index in [1.165, 1.54) is 5.56 Å². The Morgan fingerprint density at radius 2 is 1.68 bits per heavy atom. The number of hydrogen-bond donors (Lipinski definition) is 1. The average molecular weight is 915 g/mol. The molecule has 2 aliphatic heterocycles. The van der Waals surface area contributed by atoms with Crippen LogP contribution in [0.25, 0.3) is 28.1 Å². The molecule has 4 aromatic heterocycles.